The van der Waals surface area contributed by atoms with E-state index in [1.807, 2.05) is 4.68 Å². The number of aromatic nitrogens is 3. The second kappa shape index (κ2) is 4.75. The molecule has 2 N–H and O–H groups in total. The van der Waals surface area contributed by atoms with E-state index in [0.717, 1.165) is 25.2 Å². The van der Waals surface area contributed by atoms with E-state index >= 15 is 0 Å². The van der Waals surface area contributed by atoms with Crippen LogP contribution in [0.3, 0.4) is 0 Å². The maximum Gasteiger partial charge on any atom is 0.138 e. The average molecular weight is 210 g/mol. The van der Waals surface area contributed by atoms with Gasteiger partial charge in [0.15, 0.2) is 0 Å². The molecule has 1 heterocycles. The monoisotopic (exact) mass is 210 g/mol. The maximum atomic E-state index is 6.13. The molecule has 86 valence electrons. The van der Waals surface area contributed by atoms with Crippen molar-refractivity contribution in [2.45, 2.75) is 53.1 Å². The first kappa shape index (κ1) is 12.2. The Morgan fingerprint density at radius 2 is 2.13 bits per heavy atom. The maximum absolute atomic E-state index is 6.13. The van der Waals surface area contributed by atoms with E-state index in [1.165, 1.54) is 0 Å². The summed E-state index contributed by atoms with van der Waals surface area (Å²) in [7, 11) is 0. The van der Waals surface area contributed by atoms with Crippen LogP contribution in [-0.4, -0.2) is 20.8 Å². The molecule has 0 aromatic carbocycles. The van der Waals surface area contributed by atoms with Crippen LogP contribution in [0.4, 0.5) is 0 Å². The molecule has 0 radical (unpaired) electrons. The molecule has 0 aliphatic heterocycles. The third kappa shape index (κ3) is 3.30. The summed E-state index contributed by atoms with van der Waals surface area (Å²) in [4.78, 5) is 4.26. The highest BCUT2D eigenvalue weighted by Gasteiger charge is 2.22. The van der Waals surface area contributed by atoms with Crippen molar-refractivity contribution in [2.75, 3.05) is 0 Å². The fourth-order valence-electron chi connectivity index (χ4n) is 1.35. The first-order valence-electron chi connectivity index (χ1n) is 5.57. The van der Waals surface area contributed by atoms with Crippen LogP contribution in [0.2, 0.25) is 0 Å². The molecular formula is C11H22N4. The predicted octanol–water partition coefficient (Wildman–Crippen LogP) is 1.60. The molecule has 1 aromatic rings. The van der Waals surface area contributed by atoms with Crippen LogP contribution in [0.15, 0.2) is 6.33 Å². The minimum atomic E-state index is 0.114. The summed E-state index contributed by atoms with van der Waals surface area (Å²) in [5, 5.41) is 4.19. The lowest BCUT2D eigenvalue weighted by molar-refractivity contribution is 0.311. The summed E-state index contributed by atoms with van der Waals surface area (Å²) in [6.45, 7) is 9.51. The summed E-state index contributed by atoms with van der Waals surface area (Å²) in [5.41, 5.74) is 6.24. The Hall–Kier alpha value is -0.900. The molecule has 0 amide bonds. The van der Waals surface area contributed by atoms with Gasteiger partial charge in [0.1, 0.15) is 12.2 Å². The van der Waals surface area contributed by atoms with Gasteiger partial charge in [0.25, 0.3) is 0 Å². The van der Waals surface area contributed by atoms with Gasteiger partial charge in [0, 0.05) is 19.0 Å². The Balaban J connectivity index is 2.68. The molecule has 0 aliphatic carbocycles. The standard InChI is InChI=1S/C11H22N4/c1-5-6-15-10(13-8-14-15)7-9(12)11(2,3)4/h8-9H,5-7,12H2,1-4H3. The first-order valence-corrected chi connectivity index (χ1v) is 5.57. The quantitative estimate of drug-likeness (QED) is 0.821. The second-order valence-corrected chi connectivity index (χ2v) is 5.08. The van der Waals surface area contributed by atoms with Gasteiger partial charge in [-0.25, -0.2) is 4.98 Å². The van der Waals surface area contributed by atoms with Crippen molar-refractivity contribution in [2.24, 2.45) is 11.1 Å². The van der Waals surface area contributed by atoms with E-state index in [4.69, 9.17) is 5.73 Å². The van der Waals surface area contributed by atoms with Crippen molar-refractivity contribution in [3.05, 3.63) is 12.2 Å². The fourth-order valence-corrected chi connectivity index (χ4v) is 1.35. The zero-order valence-corrected chi connectivity index (χ0v) is 10.2. The molecule has 0 saturated heterocycles. The molecule has 4 nitrogen and oxygen atoms in total. The molecule has 0 bridgehead atoms. The summed E-state index contributed by atoms with van der Waals surface area (Å²) in [6, 6.07) is 0.123. The molecule has 0 saturated carbocycles. The minimum Gasteiger partial charge on any atom is -0.327 e. The first-order chi connectivity index (χ1) is 6.95. The van der Waals surface area contributed by atoms with E-state index in [2.05, 4.69) is 37.8 Å². The molecule has 1 aromatic heterocycles. The van der Waals surface area contributed by atoms with E-state index in [-0.39, 0.29) is 11.5 Å². The molecular weight excluding hydrogens is 188 g/mol. The van der Waals surface area contributed by atoms with Gasteiger partial charge in [-0.2, -0.15) is 5.10 Å². The van der Waals surface area contributed by atoms with Gasteiger partial charge in [-0.15, -0.1) is 0 Å². The third-order valence-corrected chi connectivity index (χ3v) is 2.65. The zero-order chi connectivity index (χ0) is 11.5. The summed E-state index contributed by atoms with van der Waals surface area (Å²) < 4.78 is 1.95. The number of rotatable bonds is 4. The van der Waals surface area contributed by atoms with Crippen LogP contribution in [0.5, 0.6) is 0 Å². The molecule has 4 heteroatoms. The van der Waals surface area contributed by atoms with Gasteiger partial charge in [-0.05, 0) is 11.8 Å². The van der Waals surface area contributed by atoms with Gasteiger partial charge < -0.3 is 5.73 Å². The van der Waals surface area contributed by atoms with Crippen molar-refractivity contribution < 1.29 is 0 Å². The molecule has 1 atom stereocenters. The van der Waals surface area contributed by atoms with E-state index in [1.54, 1.807) is 6.33 Å². The highest BCUT2D eigenvalue weighted by Crippen LogP contribution is 2.19. The number of hydrogen-bond donors (Lipinski definition) is 1. The number of nitrogens with two attached hydrogens (primary N) is 1. The molecule has 1 rings (SSSR count). The topological polar surface area (TPSA) is 56.7 Å². The molecule has 0 spiro atoms. The molecule has 0 fully saturated rings. The van der Waals surface area contributed by atoms with Gasteiger partial charge in [-0.3, -0.25) is 4.68 Å². The lowest BCUT2D eigenvalue weighted by Crippen LogP contribution is -2.37. The molecule has 15 heavy (non-hydrogen) atoms. The number of aryl methyl sites for hydroxylation is 1. The van der Waals surface area contributed by atoms with E-state index in [0.29, 0.717) is 0 Å². The van der Waals surface area contributed by atoms with Gasteiger partial charge >= 0.3 is 0 Å². The van der Waals surface area contributed by atoms with Crippen molar-refractivity contribution in [1.29, 1.82) is 0 Å². The van der Waals surface area contributed by atoms with E-state index in [9.17, 15) is 0 Å². The van der Waals surface area contributed by atoms with Crippen molar-refractivity contribution in [1.82, 2.24) is 14.8 Å². The lowest BCUT2D eigenvalue weighted by Gasteiger charge is -2.26. The molecule has 1 unspecified atom stereocenters. The predicted molar refractivity (Wildman–Crippen MR) is 61.4 cm³/mol. The minimum absolute atomic E-state index is 0.114. The lowest BCUT2D eigenvalue weighted by atomic mass is 9.85. The Bertz CT molecular complexity index is 298. The van der Waals surface area contributed by atoms with Crippen LogP contribution in [0.1, 0.15) is 39.9 Å². The summed E-state index contributed by atoms with van der Waals surface area (Å²) in [5.74, 6) is 0.999. The number of hydrogen-bond acceptors (Lipinski definition) is 3. The fraction of sp³-hybridized carbons (Fsp3) is 0.818. The highest BCUT2D eigenvalue weighted by atomic mass is 15.3. The van der Waals surface area contributed by atoms with Crippen LogP contribution >= 0.6 is 0 Å². The van der Waals surface area contributed by atoms with Gasteiger partial charge in [0.2, 0.25) is 0 Å². The Morgan fingerprint density at radius 3 is 2.67 bits per heavy atom. The SMILES string of the molecule is CCCn1ncnc1CC(N)C(C)(C)C. The van der Waals surface area contributed by atoms with Crippen molar-refractivity contribution >= 4 is 0 Å². The van der Waals surface area contributed by atoms with Crippen LogP contribution in [-0.2, 0) is 13.0 Å². The van der Waals surface area contributed by atoms with Gasteiger partial charge in [0.05, 0.1) is 0 Å². The van der Waals surface area contributed by atoms with Crippen LogP contribution in [0, 0.1) is 5.41 Å². The Labute approximate surface area is 91.9 Å². The van der Waals surface area contributed by atoms with Crippen molar-refractivity contribution in [3.63, 3.8) is 0 Å². The average Bonchev–Trinajstić information content (AvgIpc) is 2.52. The van der Waals surface area contributed by atoms with Crippen LogP contribution in [0.25, 0.3) is 0 Å². The van der Waals surface area contributed by atoms with Crippen LogP contribution < -0.4 is 5.73 Å². The van der Waals surface area contributed by atoms with Gasteiger partial charge in [-0.1, -0.05) is 27.7 Å². The molecule has 0 aliphatic rings. The normalized spacial score (nSPS) is 14.2. The Kier molecular flexibility index (Phi) is 3.85. The zero-order valence-electron chi connectivity index (χ0n) is 10.2. The Morgan fingerprint density at radius 1 is 1.47 bits per heavy atom. The van der Waals surface area contributed by atoms with E-state index < -0.39 is 0 Å². The van der Waals surface area contributed by atoms with Crippen molar-refractivity contribution in [3.8, 4) is 0 Å². The summed E-state index contributed by atoms with van der Waals surface area (Å²) in [6.07, 6.45) is 3.48. The summed E-state index contributed by atoms with van der Waals surface area (Å²) >= 11 is 0. The largest absolute Gasteiger partial charge is 0.327 e. The highest BCUT2D eigenvalue weighted by molar-refractivity contribution is 4.92. The third-order valence-electron chi connectivity index (χ3n) is 2.65. The second-order valence-electron chi connectivity index (χ2n) is 5.08. The smallest absolute Gasteiger partial charge is 0.138 e. The number of nitrogens with zero attached hydrogens (tertiary/aromatic N) is 3.